The minimum atomic E-state index is 0. The van der Waals surface area contributed by atoms with Gasteiger partial charge in [0.15, 0.2) is 0 Å². The Bertz CT molecular complexity index is 563. The van der Waals surface area contributed by atoms with Crippen molar-refractivity contribution in [2.24, 2.45) is 0 Å². The molecule has 0 saturated carbocycles. The zero-order chi connectivity index (χ0) is 13.8. The molecule has 3 rings (SSSR count). The predicted octanol–water partition coefficient (Wildman–Crippen LogP) is 3.80. The molecule has 22 heavy (non-hydrogen) atoms. The maximum atomic E-state index is 5.83. The Hall–Kier alpha value is -1.42. The summed E-state index contributed by atoms with van der Waals surface area (Å²) in [5.74, 6) is 0. The molecule has 0 aliphatic carbocycles. The van der Waals surface area contributed by atoms with E-state index < -0.39 is 0 Å². The van der Waals surface area contributed by atoms with Crippen LogP contribution in [0, 0.1) is 0 Å². The number of rotatable bonds is 4. The highest BCUT2D eigenvalue weighted by Gasteiger charge is 2.22. The van der Waals surface area contributed by atoms with Gasteiger partial charge in [-0.1, -0.05) is 30.3 Å². The molecule has 1 aliphatic heterocycles. The van der Waals surface area contributed by atoms with Crippen molar-refractivity contribution in [3.63, 3.8) is 0 Å². The first-order valence-electron chi connectivity index (χ1n) is 7.18. The molecule has 1 aliphatic rings. The van der Waals surface area contributed by atoms with Gasteiger partial charge < -0.3 is 11.1 Å². The predicted molar refractivity (Wildman–Crippen MR) is 99.1 cm³/mol. The first-order valence-corrected chi connectivity index (χ1v) is 7.18. The van der Waals surface area contributed by atoms with Crippen molar-refractivity contribution in [2.45, 2.75) is 19.0 Å². The van der Waals surface area contributed by atoms with E-state index in [2.05, 4.69) is 46.6 Å². The monoisotopic (exact) mass is 339 g/mol. The molecule has 2 aromatic carbocycles. The Morgan fingerprint density at radius 3 is 2.55 bits per heavy atom. The number of anilines is 2. The fraction of sp³-hybridized carbons (Fsp3) is 0.294. The van der Waals surface area contributed by atoms with E-state index in [1.807, 2.05) is 18.2 Å². The van der Waals surface area contributed by atoms with Crippen LogP contribution in [0.15, 0.2) is 54.6 Å². The Morgan fingerprint density at radius 2 is 1.82 bits per heavy atom. The van der Waals surface area contributed by atoms with Crippen molar-refractivity contribution < 1.29 is 0 Å². The summed E-state index contributed by atoms with van der Waals surface area (Å²) in [5.41, 5.74) is 9.19. The van der Waals surface area contributed by atoms with E-state index in [1.54, 1.807) is 0 Å². The molecule has 1 fully saturated rings. The number of nitrogens with two attached hydrogens (primary N) is 1. The second-order valence-corrected chi connectivity index (χ2v) is 5.48. The fourth-order valence-corrected chi connectivity index (χ4v) is 2.81. The van der Waals surface area contributed by atoms with Crippen LogP contribution in [-0.2, 0) is 6.54 Å². The first-order chi connectivity index (χ1) is 9.79. The summed E-state index contributed by atoms with van der Waals surface area (Å²) < 4.78 is 0. The fourth-order valence-electron chi connectivity index (χ4n) is 2.81. The Labute approximate surface area is 144 Å². The molecule has 120 valence electrons. The average molecular weight is 340 g/mol. The minimum Gasteiger partial charge on any atom is -0.399 e. The van der Waals surface area contributed by atoms with Gasteiger partial charge in [0, 0.05) is 37.1 Å². The SMILES string of the molecule is Cl.Cl.Nc1cccc(CN2CCC(Nc3ccccc3)C2)c1. The summed E-state index contributed by atoms with van der Waals surface area (Å²) in [6.45, 7) is 3.21. The van der Waals surface area contributed by atoms with Gasteiger partial charge in [0.1, 0.15) is 0 Å². The van der Waals surface area contributed by atoms with Gasteiger partial charge in [-0.2, -0.15) is 0 Å². The number of nitrogens with one attached hydrogen (secondary N) is 1. The highest BCUT2D eigenvalue weighted by atomic mass is 35.5. The zero-order valence-electron chi connectivity index (χ0n) is 12.4. The molecular weight excluding hydrogens is 317 g/mol. The minimum absolute atomic E-state index is 0. The highest BCUT2D eigenvalue weighted by Crippen LogP contribution is 2.18. The summed E-state index contributed by atoms with van der Waals surface area (Å²) >= 11 is 0. The normalized spacial score (nSPS) is 17.4. The molecule has 1 unspecified atom stereocenters. The van der Waals surface area contributed by atoms with Crippen LogP contribution in [0.1, 0.15) is 12.0 Å². The molecule has 0 amide bonds. The largest absolute Gasteiger partial charge is 0.399 e. The van der Waals surface area contributed by atoms with E-state index in [1.165, 1.54) is 17.7 Å². The summed E-state index contributed by atoms with van der Waals surface area (Å²) in [4.78, 5) is 2.48. The topological polar surface area (TPSA) is 41.3 Å². The summed E-state index contributed by atoms with van der Waals surface area (Å²) in [6, 6.07) is 19.2. The quantitative estimate of drug-likeness (QED) is 0.832. The van der Waals surface area contributed by atoms with E-state index in [0.717, 1.165) is 25.3 Å². The zero-order valence-corrected chi connectivity index (χ0v) is 14.1. The third-order valence-electron chi connectivity index (χ3n) is 3.77. The molecule has 0 spiro atoms. The van der Waals surface area contributed by atoms with Gasteiger partial charge in [0.25, 0.3) is 0 Å². The van der Waals surface area contributed by atoms with Crippen molar-refractivity contribution in [2.75, 3.05) is 24.1 Å². The van der Waals surface area contributed by atoms with Gasteiger partial charge in [0.05, 0.1) is 0 Å². The second kappa shape index (κ2) is 8.89. The molecule has 1 saturated heterocycles. The van der Waals surface area contributed by atoms with E-state index in [-0.39, 0.29) is 24.8 Å². The standard InChI is InChI=1S/C17H21N3.2ClH/c18-15-6-4-5-14(11-15)12-20-10-9-17(13-20)19-16-7-2-1-3-8-16;;/h1-8,11,17,19H,9-10,12-13,18H2;2*1H. The van der Waals surface area contributed by atoms with Crippen molar-refractivity contribution >= 4 is 36.2 Å². The van der Waals surface area contributed by atoms with E-state index in [4.69, 9.17) is 5.73 Å². The van der Waals surface area contributed by atoms with Gasteiger partial charge in [-0.3, -0.25) is 4.90 Å². The number of para-hydroxylation sites is 1. The Balaban J connectivity index is 0.00000121. The number of nitrogen functional groups attached to an aromatic ring is 1. The summed E-state index contributed by atoms with van der Waals surface area (Å²) in [6.07, 6.45) is 1.19. The maximum Gasteiger partial charge on any atom is 0.0400 e. The number of hydrogen-bond donors (Lipinski definition) is 2. The van der Waals surface area contributed by atoms with Gasteiger partial charge in [-0.25, -0.2) is 0 Å². The number of likely N-dealkylation sites (tertiary alicyclic amines) is 1. The van der Waals surface area contributed by atoms with Crippen LogP contribution < -0.4 is 11.1 Å². The molecule has 0 aromatic heterocycles. The third-order valence-corrected chi connectivity index (χ3v) is 3.77. The molecule has 0 bridgehead atoms. The van der Waals surface area contributed by atoms with E-state index in [9.17, 15) is 0 Å². The highest BCUT2D eigenvalue weighted by molar-refractivity contribution is 5.85. The number of hydrogen-bond acceptors (Lipinski definition) is 3. The molecule has 5 heteroatoms. The average Bonchev–Trinajstić information content (AvgIpc) is 2.87. The lowest BCUT2D eigenvalue weighted by Crippen LogP contribution is -2.25. The molecule has 1 heterocycles. The second-order valence-electron chi connectivity index (χ2n) is 5.48. The lowest BCUT2D eigenvalue weighted by Gasteiger charge is -2.17. The van der Waals surface area contributed by atoms with Gasteiger partial charge >= 0.3 is 0 Å². The number of benzene rings is 2. The molecule has 1 atom stereocenters. The molecule has 0 radical (unpaired) electrons. The first kappa shape index (κ1) is 18.6. The van der Waals surface area contributed by atoms with Gasteiger partial charge in [-0.15, -0.1) is 24.8 Å². The van der Waals surface area contributed by atoms with Crippen LogP contribution in [0.4, 0.5) is 11.4 Å². The van der Waals surface area contributed by atoms with Crippen LogP contribution in [0.2, 0.25) is 0 Å². The number of nitrogens with zero attached hydrogens (tertiary/aromatic N) is 1. The Morgan fingerprint density at radius 1 is 1.05 bits per heavy atom. The van der Waals surface area contributed by atoms with Crippen LogP contribution in [-0.4, -0.2) is 24.0 Å². The molecule has 3 N–H and O–H groups in total. The van der Waals surface area contributed by atoms with Gasteiger partial charge in [0.2, 0.25) is 0 Å². The molecular formula is C17H23Cl2N3. The maximum absolute atomic E-state index is 5.83. The van der Waals surface area contributed by atoms with Crippen LogP contribution in [0.25, 0.3) is 0 Å². The molecule has 2 aromatic rings. The third kappa shape index (κ3) is 5.09. The Kier molecular flexibility index (Phi) is 7.52. The van der Waals surface area contributed by atoms with Crippen LogP contribution in [0.5, 0.6) is 0 Å². The van der Waals surface area contributed by atoms with E-state index >= 15 is 0 Å². The van der Waals surface area contributed by atoms with Crippen molar-refractivity contribution in [1.29, 1.82) is 0 Å². The molecule has 3 nitrogen and oxygen atoms in total. The van der Waals surface area contributed by atoms with Crippen LogP contribution >= 0.6 is 24.8 Å². The van der Waals surface area contributed by atoms with Crippen molar-refractivity contribution in [1.82, 2.24) is 4.90 Å². The van der Waals surface area contributed by atoms with Crippen LogP contribution in [0.3, 0.4) is 0 Å². The van der Waals surface area contributed by atoms with Crippen molar-refractivity contribution in [3.05, 3.63) is 60.2 Å². The lowest BCUT2D eigenvalue weighted by molar-refractivity contribution is 0.329. The smallest absolute Gasteiger partial charge is 0.0400 e. The lowest BCUT2D eigenvalue weighted by atomic mass is 10.2. The van der Waals surface area contributed by atoms with E-state index in [0.29, 0.717) is 6.04 Å². The van der Waals surface area contributed by atoms with Gasteiger partial charge in [-0.05, 0) is 36.2 Å². The summed E-state index contributed by atoms with van der Waals surface area (Å²) in [7, 11) is 0. The number of halogens is 2. The summed E-state index contributed by atoms with van der Waals surface area (Å²) in [5, 5.41) is 3.60. The van der Waals surface area contributed by atoms with Crippen molar-refractivity contribution in [3.8, 4) is 0 Å².